The van der Waals surface area contributed by atoms with E-state index in [1.54, 1.807) is 0 Å². The molecule has 0 unspecified atom stereocenters. The van der Waals surface area contributed by atoms with E-state index in [2.05, 4.69) is 27.8 Å². The summed E-state index contributed by atoms with van der Waals surface area (Å²) in [6, 6.07) is 7.86. The molecule has 100 valence electrons. The average molecular weight is 314 g/mol. The molecule has 1 fully saturated rings. The van der Waals surface area contributed by atoms with Gasteiger partial charge in [-0.25, -0.2) is 0 Å². The predicted molar refractivity (Wildman–Crippen MR) is 75.9 cm³/mol. The lowest BCUT2D eigenvalue weighted by atomic mass is 9.89. The van der Waals surface area contributed by atoms with Crippen molar-refractivity contribution in [2.75, 3.05) is 26.2 Å². The van der Waals surface area contributed by atoms with E-state index in [1.807, 2.05) is 24.3 Å². The molecule has 1 aromatic rings. The average Bonchev–Trinajstić information content (AvgIpc) is 2.27. The van der Waals surface area contributed by atoms with Gasteiger partial charge in [-0.2, -0.15) is 0 Å². The fraction of sp³-hybridized carbons (Fsp3) is 0.571. The lowest BCUT2D eigenvalue weighted by Gasteiger charge is -2.46. The Morgan fingerprint density at radius 3 is 2.89 bits per heavy atom. The van der Waals surface area contributed by atoms with Crippen molar-refractivity contribution in [1.29, 1.82) is 0 Å². The van der Waals surface area contributed by atoms with Crippen molar-refractivity contribution in [3.8, 4) is 5.75 Å². The van der Waals surface area contributed by atoms with Crippen molar-refractivity contribution in [2.45, 2.75) is 25.4 Å². The van der Waals surface area contributed by atoms with Crippen LogP contribution in [-0.2, 0) is 0 Å². The van der Waals surface area contributed by atoms with Crippen LogP contribution in [-0.4, -0.2) is 41.8 Å². The first-order valence-corrected chi connectivity index (χ1v) is 7.24. The highest BCUT2D eigenvalue weighted by atomic mass is 79.9. The van der Waals surface area contributed by atoms with Crippen LogP contribution in [0.1, 0.15) is 19.8 Å². The van der Waals surface area contributed by atoms with E-state index in [9.17, 15) is 5.11 Å². The summed E-state index contributed by atoms with van der Waals surface area (Å²) in [7, 11) is 0. The Hall–Kier alpha value is -0.580. The standard InChI is InChI=1S/C14H20BrNO2/c1-2-6-14(17)10-16(11-14)7-8-18-13-5-3-4-12(15)9-13/h3-5,9,17H,2,6-8,10-11H2,1H3. The quantitative estimate of drug-likeness (QED) is 0.876. The van der Waals surface area contributed by atoms with E-state index in [0.29, 0.717) is 6.61 Å². The summed E-state index contributed by atoms with van der Waals surface area (Å²) in [5.74, 6) is 0.883. The molecule has 18 heavy (non-hydrogen) atoms. The van der Waals surface area contributed by atoms with E-state index in [1.165, 1.54) is 0 Å². The number of halogens is 1. The highest BCUT2D eigenvalue weighted by molar-refractivity contribution is 9.10. The van der Waals surface area contributed by atoms with Crippen molar-refractivity contribution in [1.82, 2.24) is 4.90 Å². The number of hydrogen-bond donors (Lipinski definition) is 1. The van der Waals surface area contributed by atoms with E-state index in [0.717, 1.165) is 42.7 Å². The molecule has 0 amide bonds. The molecule has 0 saturated carbocycles. The van der Waals surface area contributed by atoms with Gasteiger partial charge in [-0.15, -0.1) is 0 Å². The molecule has 0 aliphatic carbocycles. The number of benzene rings is 1. The van der Waals surface area contributed by atoms with Gasteiger partial charge in [0.15, 0.2) is 0 Å². The molecule has 1 saturated heterocycles. The molecule has 0 atom stereocenters. The second-order valence-corrected chi connectivity index (χ2v) is 5.91. The van der Waals surface area contributed by atoms with Gasteiger partial charge in [-0.05, 0) is 24.6 Å². The van der Waals surface area contributed by atoms with Gasteiger partial charge in [0.2, 0.25) is 0 Å². The second kappa shape index (κ2) is 6.04. The largest absolute Gasteiger partial charge is 0.492 e. The molecule has 0 aromatic heterocycles. The lowest BCUT2D eigenvalue weighted by molar-refractivity contribution is -0.105. The molecular formula is C14H20BrNO2. The van der Waals surface area contributed by atoms with Gasteiger partial charge in [0, 0.05) is 24.1 Å². The zero-order chi connectivity index (χ0) is 13.0. The van der Waals surface area contributed by atoms with Crippen molar-refractivity contribution in [2.24, 2.45) is 0 Å². The molecule has 1 aromatic carbocycles. The third-order valence-electron chi connectivity index (χ3n) is 3.22. The van der Waals surface area contributed by atoms with Gasteiger partial charge in [-0.1, -0.05) is 35.3 Å². The third-order valence-corrected chi connectivity index (χ3v) is 3.72. The maximum atomic E-state index is 10.0. The van der Waals surface area contributed by atoms with Gasteiger partial charge < -0.3 is 9.84 Å². The number of rotatable bonds is 6. The van der Waals surface area contributed by atoms with Crippen molar-refractivity contribution in [3.63, 3.8) is 0 Å². The van der Waals surface area contributed by atoms with E-state index >= 15 is 0 Å². The molecule has 1 aliphatic rings. The van der Waals surface area contributed by atoms with Crippen LogP contribution in [0, 0.1) is 0 Å². The Balaban J connectivity index is 1.66. The van der Waals surface area contributed by atoms with Crippen LogP contribution < -0.4 is 4.74 Å². The first kappa shape index (κ1) is 13.8. The molecule has 1 N–H and O–H groups in total. The Morgan fingerprint density at radius 1 is 1.44 bits per heavy atom. The SMILES string of the molecule is CCCC1(O)CN(CCOc2cccc(Br)c2)C1. The van der Waals surface area contributed by atoms with Crippen LogP contribution in [0.25, 0.3) is 0 Å². The number of hydrogen-bond acceptors (Lipinski definition) is 3. The van der Waals surface area contributed by atoms with Gasteiger partial charge >= 0.3 is 0 Å². The molecule has 2 rings (SSSR count). The summed E-state index contributed by atoms with van der Waals surface area (Å²) in [5, 5.41) is 10.0. The first-order valence-electron chi connectivity index (χ1n) is 6.44. The molecule has 0 bridgehead atoms. The molecule has 3 nitrogen and oxygen atoms in total. The number of nitrogens with zero attached hydrogens (tertiary/aromatic N) is 1. The van der Waals surface area contributed by atoms with Gasteiger partial charge in [-0.3, -0.25) is 4.90 Å². The fourth-order valence-corrected chi connectivity index (χ4v) is 2.80. The molecule has 1 heterocycles. The van der Waals surface area contributed by atoms with E-state index in [4.69, 9.17) is 4.74 Å². The van der Waals surface area contributed by atoms with Gasteiger partial charge in [0.1, 0.15) is 12.4 Å². The van der Waals surface area contributed by atoms with E-state index in [-0.39, 0.29) is 0 Å². The summed E-state index contributed by atoms with van der Waals surface area (Å²) in [6.07, 6.45) is 1.94. The van der Waals surface area contributed by atoms with E-state index < -0.39 is 5.60 Å². The molecule has 0 spiro atoms. The minimum absolute atomic E-state index is 0.440. The highest BCUT2D eigenvalue weighted by Crippen LogP contribution is 2.25. The zero-order valence-corrected chi connectivity index (χ0v) is 12.3. The van der Waals surface area contributed by atoms with Crippen LogP contribution >= 0.6 is 15.9 Å². The summed E-state index contributed by atoms with van der Waals surface area (Å²) >= 11 is 3.42. The monoisotopic (exact) mass is 313 g/mol. The van der Waals surface area contributed by atoms with Crippen LogP contribution in [0.2, 0.25) is 0 Å². The number of likely N-dealkylation sites (tertiary alicyclic amines) is 1. The maximum Gasteiger partial charge on any atom is 0.120 e. The fourth-order valence-electron chi connectivity index (χ4n) is 2.42. The second-order valence-electron chi connectivity index (χ2n) is 4.99. The van der Waals surface area contributed by atoms with Crippen molar-refractivity contribution < 1.29 is 9.84 Å². The minimum Gasteiger partial charge on any atom is -0.492 e. The lowest BCUT2D eigenvalue weighted by Crippen LogP contribution is -2.62. The molecular weight excluding hydrogens is 294 g/mol. The number of ether oxygens (including phenoxy) is 1. The summed E-state index contributed by atoms with van der Waals surface area (Å²) in [6.45, 7) is 5.21. The van der Waals surface area contributed by atoms with Crippen LogP contribution in [0.4, 0.5) is 0 Å². The van der Waals surface area contributed by atoms with Crippen molar-refractivity contribution >= 4 is 15.9 Å². The normalized spacial score (nSPS) is 18.4. The van der Waals surface area contributed by atoms with Crippen LogP contribution in [0.5, 0.6) is 5.75 Å². The Labute approximate surface area is 117 Å². The number of β-amino-alcohol motifs (C(OH)–C–C–N with tert-alkyl or cyclic N) is 1. The van der Waals surface area contributed by atoms with Gasteiger partial charge in [0.25, 0.3) is 0 Å². The topological polar surface area (TPSA) is 32.7 Å². The minimum atomic E-state index is -0.440. The van der Waals surface area contributed by atoms with Gasteiger partial charge in [0.05, 0.1) is 5.60 Å². The third kappa shape index (κ3) is 3.70. The molecule has 1 aliphatic heterocycles. The van der Waals surface area contributed by atoms with Crippen LogP contribution in [0.15, 0.2) is 28.7 Å². The number of aliphatic hydroxyl groups is 1. The predicted octanol–water partition coefficient (Wildman–Crippen LogP) is 2.67. The first-order chi connectivity index (χ1) is 8.61. The maximum absolute atomic E-state index is 10.0. The summed E-state index contributed by atoms with van der Waals surface area (Å²) in [4.78, 5) is 2.23. The molecule has 4 heteroatoms. The zero-order valence-electron chi connectivity index (χ0n) is 10.7. The highest BCUT2D eigenvalue weighted by Gasteiger charge is 2.39. The Bertz CT molecular complexity index is 391. The molecule has 0 radical (unpaired) electrons. The van der Waals surface area contributed by atoms with Crippen molar-refractivity contribution in [3.05, 3.63) is 28.7 Å². The summed E-state index contributed by atoms with van der Waals surface area (Å²) in [5.41, 5.74) is -0.440. The Kier molecular flexibility index (Phi) is 4.65. The smallest absolute Gasteiger partial charge is 0.120 e. The Morgan fingerprint density at radius 2 is 2.22 bits per heavy atom. The summed E-state index contributed by atoms with van der Waals surface area (Å²) < 4.78 is 6.70. The van der Waals surface area contributed by atoms with Crippen LogP contribution in [0.3, 0.4) is 0 Å².